The molecule has 3 aliphatic rings. The normalized spacial score (nSPS) is 26.3. The average molecular weight is 472 g/mol. The van der Waals surface area contributed by atoms with Crippen molar-refractivity contribution < 1.29 is 23.4 Å². The molecule has 1 amide bonds. The number of benzene rings is 2. The van der Waals surface area contributed by atoms with Crippen molar-refractivity contribution in [1.82, 2.24) is 4.90 Å². The molecule has 10 heteroatoms. The number of rotatable bonds is 4. The Labute approximate surface area is 189 Å². The van der Waals surface area contributed by atoms with Crippen LogP contribution in [0.4, 0.5) is 5.69 Å². The van der Waals surface area contributed by atoms with Gasteiger partial charge in [-0.05, 0) is 17.7 Å². The number of sulfonamides is 1. The molecule has 0 spiro atoms. The number of aliphatic hydroxyl groups is 2. The Morgan fingerprint density at radius 2 is 1.84 bits per heavy atom. The lowest BCUT2D eigenvalue weighted by atomic mass is 9.86. The van der Waals surface area contributed by atoms with E-state index in [1.54, 1.807) is 23.1 Å². The van der Waals surface area contributed by atoms with E-state index in [1.165, 1.54) is 17.8 Å². The molecule has 0 saturated carbocycles. The number of carbonyl (C=O) groups is 1. The number of para-hydroxylation sites is 1. The second-order valence-corrected chi connectivity index (χ2v) is 10.6. The lowest BCUT2D eigenvalue weighted by Gasteiger charge is -2.39. The second-order valence-electron chi connectivity index (χ2n) is 7.91. The van der Waals surface area contributed by atoms with Crippen LogP contribution in [0.2, 0.25) is 0 Å². The van der Waals surface area contributed by atoms with Crippen molar-refractivity contribution in [1.29, 1.82) is 0 Å². The van der Waals surface area contributed by atoms with Crippen LogP contribution < -0.4 is 5.32 Å². The minimum absolute atomic E-state index is 0.00998. The van der Waals surface area contributed by atoms with Gasteiger partial charge in [-0.3, -0.25) is 4.79 Å². The predicted octanol–water partition coefficient (Wildman–Crippen LogP) is 2.35. The summed E-state index contributed by atoms with van der Waals surface area (Å²) >= 11 is 1.50. The van der Waals surface area contributed by atoms with Gasteiger partial charge in [-0.15, -0.1) is 16.2 Å². The zero-order chi connectivity index (χ0) is 22.5. The highest BCUT2D eigenvalue weighted by molar-refractivity contribution is 8.00. The topological polar surface area (TPSA) is 119 Å². The molecular weight excluding hydrogens is 450 g/mol. The van der Waals surface area contributed by atoms with Crippen LogP contribution in [0, 0.1) is 11.8 Å². The Balaban J connectivity index is 1.61. The molecule has 3 aliphatic heterocycles. The van der Waals surface area contributed by atoms with Crippen molar-refractivity contribution >= 4 is 39.2 Å². The Morgan fingerprint density at radius 1 is 1.12 bits per heavy atom. The molecule has 5 rings (SSSR count). The summed E-state index contributed by atoms with van der Waals surface area (Å²) in [7, 11) is -4.05. The molecule has 0 radical (unpaired) electrons. The molecule has 0 bridgehead atoms. The monoisotopic (exact) mass is 471 g/mol. The minimum Gasteiger partial charge on any atom is -0.511 e. The fourth-order valence-electron chi connectivity index (χ4n) is 4.39. The molecule has 3 atom stereocenters. The minimum atomic E-state index is -4.05. The molecule has 8 nitrogen and oxygen atoms in total. The number of nitrogens with zero attached hydrogens (tertiary/aromatic N) is 2. The molecule has 1 fully saturated rings. The maximum atomic E-state index is 13.6. The van der Waals surface area contributed by atoms with Gasteiger partial charge in [-0.1, -0.05) is 42.5 Å². The summed E-state index contributed by atoms with van der Waals surface area (Å²) in [5.74, 6) is -1.14. The molecule has 166 valence electrons. The second kappa shape index (κ2) is 7.95. The summed E-state index contributed by atoms with van der Waals surface area (Å²) in [4.78, 5) is 15.3. The van der Waals surface area contributed by atoms with Gasteiger partial charge < -0.3 is 20.4 Å². The highest BCUT2D eigenvalue weighted by Gasteiger charge is 2.51. The third-order valence-electron chi connectivity index (χ3n) is 5.95. The van der Waals surface area contributed by atoms with Crippen molar-refractivity contribution in [3.05, 3.63) is 71.5 Å². The largest absolute Gasteiger partial charge is 0.511 e. The van der Waals surface area contributed by atoms with Crippen molar-refractivity contribution in [2.45, 2.75) is 16.8 Å². The summed E-state index contributed by atoms with van der Waals surface area (Å²) in [5, 5.41) is 23.6. The van der Waals surface area contributed by atoms with E-state index >= 15 is 0 Å². The number of amides is 1. The van der Waals surface area contributed by atoms with Gasteiger partial charge in [-0.25, -0.2) is 0 Å². The van der Waals surface area contributed by atoms with Crippen LogP contribution in [0.1, 0.15) is 5.56 Å². The summed E-state index contributed by atoms with van der Waals surface area (Å²) < 4.78 is 29.3. The third kappa shape index (κ3) is 3.39. The number of fused-ring (bicyclic) bond motifs is 2. The van der Waals surface area contributed by atoms with Gasteiger partial charge in [0.15, 0.2) is 5.84 Å². The van der Waals surface area contributed by atoms with Gasteiger partial charge in [0.25, 0.3) is 15.9 Å². The molecule has 2 aromatic rings. The summed E-state index contributed by atoms with van der Waals surface area (Å²) in [6.45, 7) is 0.138. The van der Waals surface area contributed by atoms with Crippen LogP contribution >= 0.6 is 11.8 Å². The summed E-state index contributed by atoms with van der Waals surface area (Å²) in [5.41, 5.74) is 1.04. The van der Waals surface area contributed by atoms with E-state index in [-0.39, 0.29) is 40.0 Å². The van der Waals surface area contributed by atoms with E-state index in [4.69, 9.17) is 0 Å². The first-order chi connectivity index (χ1) is 15.4. The first-order valence-electron chi connectivity index (χ1n) is 10.1. The van der Waals surface area contributed by atoms with Gasteiger partial charge in [-0.2, -0.15) is 8.42 Å². The Hall–Kier alpha value is -2.82. The molecule has 3 N–H and O–H groups in total. The van der Waals surface area contributed by atoms with Crippen LogP contribution in [0.3, 0.4) is 0 Å². The fourth-order valence-corrected chi connectivity index (χ4v) is 7.18. The Morgan fingerprint density at radius 3 is 2.59 bits per heavy atom. The zero-order valence-corrected chi connectivity index (χ0v) is 18.5. The van der Waals surface area contributed by atoms with E-state index in [0.717, 1.165) is 5.56 Å². The van der Waals surface area contributed by atoms with Crippen molar-refractivity contribution in [3.63, 3.8) is 0 Å². The Kier molecular flexibility index (Phi) is 5.23. The maximum Gasteiger partial charge on any atom is 0.286 e. The van der Waals surface area contributed by atoms with Crippen LogP contribution in [0.5, 0.6) is 0 Å². The summed E-state index contributed by atoms with van der Waals surface area (Å²) in [6.07, 6.45) is 0. The molecule has 3 unspecified atom stereocenters. The summed E-state index contributed by atoms with van der Waals surface area (Å²) in [6, 6.07) is 15.7. The van der Waals surface area contributed by atoms with Crippen LogP contribution in [0.25, 0.3) is 0 Å². The van der Waals surface area contributed by atoms with Gasteiger partial charge in [0, 0.05) is 24.8 Å². The van der Waals surface area contributed by atoms with Crippen molar-refractivity contribution in [2.75, 3.05) is 17.7 Å². The molecular formula is C22H21N3O5S2. The smallest absolute Gasteiger partial charge is 0.286 e. The van der Waals surface area contributed by atoms with Gasteiger partial charge in [0.2, 0.25) is 0 Å². The van der Waals surface area contributed by atoms with E-state index in [0.29, 0.717) is 18.0 Å². The standard InChI is InChI=1S/C22H21N3O5S2/c26-11-14-12-31-22-17(14)19(27)18(21(28)25(22)10-13-6-2-1-3-7-13)20-23-15-8-4-5-9-16(15)32(29,30)24-20/h1-9,14,17,22,26-27H,10-12H2,(H,23,24). The van der Waals surface area contributed by atoms with E-state index in [2.05, 4.69) is 9.71 Å². The molecule has 3 heterocycles. The molecule has 0 aromatic heterocycles. The molecule has 1 saturated heterocycles. The molecule has 2 aromatic carbocycles. The number of hydrogen-bond donors (Lipinski definition) is 3. The number of aliphatic hydroxyl groups excluding tert-OH is 2. The van der Waals surface area contributed by atoms with Crippen molar-refractivity contribution in [2.24, 2.45) is 16.2 Å². The van der Waals surface area contributed by atoms with E-state index in [1.807, 2.05) is 30.3 Å². The lowest BCUT2D eigenvalue weighted by molar-refractivity contribution is -0.130. The average Bonchev–Trinajstić information content (AvgIpc) is 3.21. The number of hydrogen-bond acceptors (Lipinski definition) is 7. The van der Waals surface area contributed by atoms with Crippen LogP contribution in [-0.2, 0) is 21.4 Å². The Bertz CT molecular complexity index is 1240. The fraction of sp³-hybridized carbons (Fsp3) is 0.273. The quantitative estimate of drug-likeness (QED) is 0.626. The van der Waals surface area contributed by atoms with E-state index < -0.39 is 21.8 Å². The highest BCUT2D eigenvalue weighted by Crippen LogP contribution is 2.47. The number of anilines is 1. The molecule has 32 heavy (non-hydrogen) atoms. The number of nitrogens with one attached hydrogen (secondary N) is 1. The van der Waals surface area contributed by atoms with E-state index in [9.17, 15) is 23.4 Å². The third-order valence-corrected chi connectivity index (χ3v) is 8.79. The van der Waals surface area contributed by atoms with Gasteiger partial charge in [0.1, 0.15) is 16.2 Å². The highest BCUT2D eigenvalue weighted by atomic mass is 32.2. The SMILES string of the molecule is O=C1C(C2=NS(=O)(=O)c3ccccc3N2)=C(O)C2C(CO)CSC2N1Cc1ccccc1. The van der Waals surface area contributed by atoms with Crippen LogP contribution in [-0.4, -0.2) is 53.0 Å². The number of carbonyl (C=O) groups excluding carboxylic acids is 1. The first-order valence-corrected chi connectivity index (χ1v) is 12.6. The zero-order valence-electron chi connectivity index (χ0n) is 16.9. The van der Waals surface area contributed by atoms with Crippen LogP contribution in [0.15, 0.2) is 75.2 Å². The first kappa shape index (κ1) is 21.0. The van der Waals surface area contributed by atoms with Gasteiger partial charge in [0.05, 0.1) is 17.0 Å². The number of amidine groups is 1. The number of thioether (sulfide) groups is 1. The van der Waals surface area contributed by atoms with Crippen molar-refractivity contribution in [3.8, 4) is 0 Å². The maximum absolute atomic E-state index is 13.6. The lowest BCUT2D eigenvalue weighted by Crippen LogP contribution is -2.50. The van der Waals surface area contributed by atoms with Gasteiger partial charge >= 0.3 is 0 Å². The molecule has 0 aliphatic carbocycles. The predicted molar refractivity (Wildman–Crippen MR) is 122 cm³/mol.